The fourth-order valence-corrected chi connectivity index (χ4v) is 1.48. The molecule has 0 bridgehead atoms. The second-order valence-corrected chi connectivity index (χ2v) is 4.44. The van der Waals surface area contributed by atoms with Gasteiger partial charge in [0.05, 0.1) is 0 Å². The maximum absolute atomic E-state index is 12.5. The van der Waals surface area contributed by atoms with Crippen molar-refractivity contribution < 1.29 is 23.4 Å². The van der Waals surface area contributed by atoms with Gasteiger partial charge in [-0.25, -0.2) is 0 Å². The molecule has 18 heavy (non-hydrogen) atoms. The summed E-state index contributed by atoms with van der Waals surface area (Å²) in [5.74, 6) is -3.82. The second kappa shape index (κ2) is 4.87. The van der Waals surface area contributed by atoms with Crippen molar-refractivity contribution in [1.29, 1.82) is 0 Å². The Balaban J connectivity index is 3.17. The lowest BCUT2D eigenvalue weighted by Crippen LogP contribution is -2.42. The Kier molecular flexibility index (Phi) is 4.05. The van der Waals surface area contributed by atoms with Gasteiger partial charge in [-0.3, -0.25) is 0 Å². The number of hydrogen-bond acceptors (Lipinski definition) is 3. The number of rotatable bonds is 3. The molecule has 0 spiro atoms. The fourth-order valence-electron chi connectivity index (χ4n) is 1.48. The van der Waals surface area contributed by atoms with Gasteiger partial charge in [0, 0.05) is 11.6 Å². The Morgan fingerprint density at radius 2 is 1.72 bits per heavy atom. The summed E-state index contributed by atoms with van der Waals surface area (Å²) in [5.41, 5.74) is -0.00424. The molecule has 1 unspecified atom stereocenters. The van der Waals surface area contributed by atoms with Gasteiger partial charge >= 0.3 is 6.18 Å². The monoisotopic (exact) mass is 263 g/mol. The van der Waals surface area contributed by atoms with Crippen LogP contribution in [0.15, 0.2) is 24.3 Å². The first kappa shape index (κ1) is 14.9. The zero-order chi connectivity index (χ0) is 14.1. The third-order valence-corrected chi connectivity index (χ3v) is 2.94. The van der Waals surface area contributed by atoms with E-state index in [9.17, 15) is 23.4 Å². The molecule has 1 aromatic carbocycles. The maximum atomic E-state index is 12.5. The minimum absolute atomic E-state index is 0.131. The Morgan fingerprint density at radius 1 is 1.17 bits per heavy atom. The molecule has 0 aliphatic heterocycles. The van der Waals surface area contributed by atoms with E-state index >= 15 is 0 Å². The van der Waals surface area contributed by atoms with E-state index in [-0.39, 0.29) is 6.04 Å². The summed E-state index contributed by atoms with van der Waals surface area (Å²) in [6.07, 6.45) is -5.13. The summed E-state index contributed by atoms with van der Waals surface area (Å²) < 4.78 is 37.5. The summed E-state index contributed by atoms with van der Waals surface area (Å²) in [6.45, 7) is 1.81. The molecular weight excluding hydrogens is 247 g/mol. The van der Waals surface area contributed by atoms with E-state index in [1.165, 1.54) is 6.07 Å². The second-order valence-electron chi connectivity index (χ2n) is 4.44. The highest BCUT2D eigenvalue weighted by atomic mass is 19.4. The SMILES string of the molecule is CC(c1cccc(C(O)(O)C(F)(F)F)c1)N(C)C. The highest BCUT2D eigenvalue weighted by Gasteiger charge is 2.54. The zero-order valence-electron chi connectivity index (χ0n) is 10.4. The van der Waals surface area contributed by atoms with Gasteiger partial charge in [0.1, 0.15) is 0 Å². The van der Waals surface area contributed by atoms with Crippen molar-refractivity contribution in [1.82, 2.24) is 4.90 Å². The molecule has 0 fully saturated rings. The Bertz CT molecular complexity index is 416. The summed E-state index contributed by atoms with van der Waals surface area (Å²) in [7, 11) is 3.57. The number of nitrogens with zero attached hydrogens (tertiary/aromatic N) is 1. The van der Waals surface area contributed by atoms with Crippen molar-refractivity contribution in [3.05, 3.63) is 35.4 Å². The first-order valence-electron chi connectivity index (χ1n) is 5.35. The molecule has 6 heteroatoms. The number of halogens is 3. The number of alkyl halides is 3. The van der Waals surface area contributed by atoms with Crippen molar-refractivity contribution in [2.75, 3.05) is 14.1 Å². The van der Waals surface area contributed by atoms with Crippen LogP contribution in [0.2, 0.25) is 0 Å². The minimum atomic E-state index is -5.13. The van der Waals surface area contributed by atoms with Crippen LogP contribution in [0.5, 0.6) is 0 Å². The van der Waals surface area contributed by atoms with Gasteiger partial charge in [-0.1, -0.05) is 18.2 Å². The molecule has 2 N–H and O–H groups in total. The third-order valence-electron chi connectivity index (χ3n) is 2.94. The quantitative estimate of drug-likeness (QED) is 0.820. The van der Waals surface area contributed by atoms with Gasteiger partial charge in [0.25, 0.3) is 5.79 Å². The average molecular weight is 263 g/mol. The summed E-state index contributed by atoms with van der Waals surface area (Å²) in [6, 6.07) is 5.07. The predicted octanol–water partition coefficient (Wildman–Crippen LogP) is 2.01. The molecule has 0 aliphatic carbocycles. The van der Waals surface area contributed by atoms with Crippen LogP contribution in [0.3, 0.4) is 0 Å². The van der Waals surface area contributed by atoms with Crippen LogP contribution in [0, 0.1) is 0 Å². The van der Waals surface area contributed by atoms with Crippen LogP contribution < -0.4 is 0 Å². The summed E-state index contributed by atoms with van der Waals surface area (Å²) >= 11 is 0. The molecule has 1 atom stereocenters. The average Bonchev–Trinajstić information content (AvgIpc) is 2.26. The smallest absolute Gasteiger partial charge is 0.355 e. The van der Waals surface area contributed by atoms with E-state index in [0.717, 1.165) is 12.1 Å². The van der Waals surface area contributed by atoms with Gasteiger partial charge in [-0.2, -0.15) is 13.2 Å². The van der Waals surface area contributed by atoms with Gasteiger partial charge in [0.15, 0.2) is 0 Å². The molecule has 0 aromatic heterocycles. The lowest BCUT2D eigenvalue weighted by atomic mass is 9.99. The number of hydrogen-bond donors (Lipinski definition) is 2. The number of benzene rings is 1. The Hall–Kier alpha value is -1.11. The Labute approximate surface area is 103 Å². The zero-order valence-corrected chi connectivity index (χ0v) is 10.4. The largest absolute Gasteiger partial charge is 0.447 e. The highest BCUT2D eigenvalue weighted by molar-refractivity contribution is 5.29. The standard InChI is InChI=1S/C12H16F3NO2/c1-8(16(2)3)9-5-4-6-10(7-9)11(17,18)12(13,14)15/h4-8,17-18H,1-3H3. The topological polar surface area (TPSA) is 43.7 Å². The summed E-state index contributed by atoms with van der Waals surface area (Å²) in [4.78, 5) is 1.81. The normalized spacial score (nSPS) is 14.9. The van der Waals surface area contributed by atoms with Crippen LogP contribution in [0.25, 0.3) is 0 Å². The van der Waals surface area contributed by atoms with E-state index in [1.54, 1.807) is 20.2 Å². The van der Waals surface area contributed by atoms with Gasteiger partial charge in [0.2, 0.25) is 0 Å². The van der Waals surface area contributed by atoms with Crippen molar-refractivity contribution in [2.24, 2.45) is 0 Å². The van der Waals surface area contributed by atoms with Crippen molar-refractivity contribution in [2.45, 2.75) is 24.9 Å². The molecule has 0 saturated heterocycles. The molecule has 0 heterocycles. The fraction of sp³-hybridized carbons (Fsp3) is 0.500. The van der Waals surface area contributed by atoms with Gasteiger partial charge in [-0.15, -0.1) is 0 Å². The van der Waals surface area contributed by atoms with E-state index in [1.807, 2.05) is 11.8 Å². The maximum Gasteiger partial charge on any atom is 0.447 e. The molecule has 0 amide bonds. The highest BCUT2D eigenvalue weighted by Crippen LogP contribution is 2.37. The lowest BCUT2D eigenvalue weighted by Gasteiger charge is -2.27. The molecule has 1 aromatic rings. The van der Waals surface area contributed by atoms with E-state index < -0.39 is 17.5 Å². The molecular formula is C12H16F3NO2. The summed E-state index contributed by atoms with van der Waals surface area (Å²) in [5, 5.41) is 18.4. The Morgan fingerprint density at radius 3 is 2.17 bits per heavy atom. The van der Waals surface area contributed by atoms with E-state index in [2.05, 4.69) is 0 Å². The molecule has 0 saturated carbocycles. The van der Waals surface area contributed by atoms with Gasteiger partial charge in [-0.05, 0) is 32.6 Å². The van der Waals surface area contributed by atoms with Crippen LogP contribution in [-0.2, 0) is 5.79 Å². The molecule has 0 radical (unpaired) electrons. The van der Waals surface area contributed by atoms with Crippen molar-refractivity contribution in [3.8, 4) is 0 Å². The van der Waals surface area contributed by atoms with Crippen LogP contribution in [0.1, 0.15) is 24.1 Å². The predicted molar refractivity (Wildman–Crippen MR) is 60.7 cm³/mol. The molecule has 0 aliphatic rings. The van der Waals surface area contributed by atoms with Crippen LogP contribution >= 0.6 is 0 Å². The molecule has 3 nitrogen and oxygen atoms in total. The van der Waals surface area contributed by atoms with Crippen LogP contribution in [-0.4, -0.2) is 35.4 Å². The molecule has 1 rings (SSSR count). The van der Waals surface area contributed by atoms with Crippen molar-refractivity contribution in [3.63, 3.8) is 0 Å². The van der Waals surface area contributed by atoms with Gasteiger partial charge < -0.3 is 15.1 Å². The minimum Gasteiger partial charge on any atom is -0.355 e. The first-order valence-corrected chi connectivity index (χ1v) is 5.35. The van der Waals surface area contributed by atoms with Crippen LogP contribution in [0.4, 0.5) is 13.2 Å². The first-order chi connectivity index (χ1) is 8.07. The molecule has 102 valence electrons. The third kappa shape index (κ3) is 2.82. The number of aliphatic hydroxyl groups is 2. The van der Waals surface area contributed by atoms with E-state index in [4.69, 9.17) is 0 Å². The lowest BCUT2D eigenvalue weighted by molar-refractivity contribution is -0.358. The van der Waals surface area contributed by atoms with E-state index in [0.29, 0.717) is 5.56 Å². The van der Waals surface area contributed by atoms with Crippen molar-refractivity contribution >= 4 is 0 Å².